The Morgan fingerprint density at radius 3 is 2.88 bits per heavy atom. The highest BCUT2D eigenvalue weighted by Gasteiger charge is 2.28. The number of hydrogen-bond donors (Lipinski definition) is 2. The van der Waals surface area contributed by atoms with Crippen molar-refractivity contribution in [2.45, 2.75) is 13.0 Å². The summed E-state index contributed by atoms with van der Waals surface area (Å²) < 4.78 is 13.9. The number of aromatic nitrogens is 4. The summed E-state index contributed by atoms with van der Waals surface area (Å²) in [4.78, 5) is 21.0. The van der Waals surface area contributed by atoms with Crippen molar-refractivity contribution in [2.24, 2.45) is 0 Å². The van der Waals surface area contributed by atoms with E-state index in [9.17, 15) is 9.18 Å². The number of aromatic amines is 2. The van der Waals surface area contributed by atoms with Gasteiger partial charge in [-0.2, -0.15) is 5.10 Å². The highest BCUT2D eigenvalue weighted by atomic mass is 35.5. The first kappa shape index (κ1) is 16.1. The highest BCUT2D eigenvalue weighted by molar-refractivity contribution is 6.36. The van der Waals surface area contributed by atoms with Gasteiger partial charge in [0.05, 0.1) is 22.3 Å². The van der Waals surface area contributed by atoms with Crippen molar-refractivity contribution in [2.75, 3.05) is 6.54 Å². The van der Waals surface area contributed by atoms with E-state index in [1.54, 1.807) is 11.1 Å². The molecule has 2 N–H and O–H groups in total. The third-order valence-corrected chi connectivity index (χ3v) is 4.79. The Labute approximate surface area is 152 Å². The lowest BCUT2D eigenvalue weighted by molar-refractivity contribution is 0.0723. The van der Waals surface area contributed by atoms with Crippen molar-refractivity contribution in [1.29, 1.82) is 0 Å². The quantitative estimate of drug-likeness (QED) is 0.669. The van der Waals surface area contributed by atoms with Crippen LogP contribution in [-0.4, -0.2) is 37.5 Å². The number of hydrogen-bond acceptors (Lipinski definition) is 3. The van der Waals surface area contributed by atoms with E-state index in [1.165, 1.54) is 18.3 Å². The van der Waals surface area contributed by atoms with Crippen LogP contribution in [0.15, 0.2) is 24.5 Å². The summed E-state index contributed by atoms with van der Waals surface area (Å²) in [6.45, 7) is 0.873. The lowest BCUT2D eigenvalue weighted by Crippen LogP contribution is -2.36. The number of benzene rings is 1. The van der Waals surface area contributed by atoms with Gasteiger partial charge < -0.3 is 9.88 Å². The van der Waals surface area contributed by atoms with E-state index in [2.05, 4.69) is 20.2 Å². The molecule has 1 amide bonds. The fourth-order valence-electron chi connectivity index (χ4n) is 2.93. The molecule has 0 fully saturated rings. The summed E-state index contributed by atoms with van der Waals surface area (Å²) in [7, 11) is 0. The summed E-state index contributed by atoms with van der Waals surface area (Å²) >= 11 is 12.0. The number of nitrogens with zero attached hydrogens (tertiary/aromatic N) is 3. The molecule has 0 saturated heterocycles. The van der Waals surface area contributed by atoms with Crippen molar-refractivity contribution in [3.8, 4) is 11.3 Å². The van der Waals surface area contributed by atoms with E-state index in [1.807, 2.05) is 0 Å². The first-order chi connectivity index (χ1) is 12.0. The van der Waals surface area contributed by atoms with Crippen molar-refractivity contribution >= 4 is 29.1 Å². The molecule has 0 bridgehead atoms. The molecule has 0 unspecified atom stereocenters. The van der Waals surface area contributed by atoms with Crippen LogP contribution in [0.5, 0.6) is 0 Å². The average Bonchev–Trinajstić information content (AvgIpc) is 3.26. The Morgan fingerprint density at radius 1 is 1.28 bits per heavy atom. The summed E-state index contributed by atoms with van der Waals surface area (Å²) in [6.07, 6.45) is 3.74. The van der Waals surface area contributed by atoms with E-state index in [0.29, 0.717) is 35.8 Å². The molecule has 3 heterocycles. The van der Waals surface area contributed by atoms with Crippen LogP contribution in [0.3, 0.4) is 0 Å². The van der Waals surface area contributed by atoms with Crippen LogP contribution in [0.2, 0.25) is 10.0 Å². The molecular weight excluding hydrogens is 368 g/mol. The Balaban J connectivity index is 1.70. The first-order valence-electron chi connectivity index (χ1n) is 7.54. The van der Waals surface area contributed by atoms with E-state index >= 15 is 0 Å². The number of halogens is 3. The molecule has 0 radical (unpaired) electrons. The fraction of sp³-hybridized carbons (Fsp3) is 0.188. The normalized spacial score (nSPS) is 13.8. The second kappa shape index (κ2) is 6.16. The molecular formula is C16H12Cl2FN5O. The maximum Gasteiger partial charge on any atom is 0.289 e. The second-order valence-corrected chi connectivity index (χ2v) is 6.50. The van der Waals surface area contributed by atoms with E-state index in [0.717, 1.165) is 11.3 Å². The topological polar surface area (TPSA) is 77.7 Å². The Bertz CT molecular complexity index is 954. The third kappa shape index (κ3) is 2.79. The number of rotatable bonds is 2. The minimum absolute atomic E-state index is 0.0484. The smallest absolute Gasteiger partial charge is 0.289 e. The van der Waals surface area contributed by atoms with Crippen LogP contribution in [-0.2, 0) is 13.0 Å². The van der Waals surface area contributed by atoms with Gasteiger partial charge in [-0.1, -0.05) is 23.2 Å². The van der Waals surface area contributed by atoms with Crippen molar-refractivity contribution in [1.82, 2.24) is 25.1 Å². The average molecular weight is 380 g/mol. The molecule has 128 valence electrons. The molecule has 0 atom stereocenters. The molecule has 2 aromatic heterocycles. The predicted octanol–water partition coefficient (Wildman–Crippen LogP) is 3.44. The molecule has 0 aliphatic carbocycles. The number of nitrogens with one attached hydrogen (secondary N) is 2. The monoisotopic (exact) mass is 379 g/mol. The summed E-state index contributed by atoms with van der Waals surface area (Å²) in [6, 6.07) is 2.61. The van der Waals surface area contributed by atoms with Gasteiger partial charge in [0.1, 0.15) is 5.82 Å². The van der Waals surface area contributed by atoms with Crippen LogP contribution >= 0.6 is 23.2 Å². The van der Waals surface area contributed by atoms with Gasteiger partial charge in [-0.15, -0.1) is 0 Å². The molecule has 1 aromatic carbocycles. The molecule has 9 heteroatoms. The van der Waals surface area contributed by atoms with Crippen LogP contribution < -0.4 is 0 Å². The number of fused-ring (bicyclic) bond motifs is 1. The zero-order valence-electron chi connectivity index (χ0n) is 12.8. The molecule has 6 nitrogen and oxygen atoms in total. The van der Waals surface area contributed by atoms with Gasteiger partial charge >= 0.3 is 0 Å². The molecule has 1 aliphatic rings. The molecule has 3 aromatic rings. The van der Waals surface area contributed by atoms with Gasteiger partial charge in [-0.05, 0) is 12.1 Å². The second-order valence-electron chi connectivity index (χ2n) is 5.69. The summed E-state index contributed by atoms with van der Waals surface area (Å²) in [5, 5.41) is 7.48. The first-order valence-corrected chi connectivity index (χ1v) is 8.30. The van der Waals surface area contributed by atoms with Gasteiger partial charge in [-0.25, -0.2) is 9.37 Å². The number of carbonyl (C=O) groups is 1. The van der Waals surface area contributed by atoms with E-state index in [4.69, 9.17) is 23.2 Å². The van der Waals surface area contributed by atoms with Gasteiger partial charge in [0.2, 0.25) is 0 Å². The van der Waals surface area contributed by atoms with Gasteiger partial charge in [0, 0.05) is 42.2 Å². The standard InChI is InChI=1S/C16H12Cl2FN5O/c17-10-6-11(18)12(19)5-8(10)14-9-7-24(4-1-13(9)22-23-14)16(25)15-20-2-3-21-15/h2-3,5-6H,1,4,7H2,(H,20,21)(H,22,23). The van der Waals surface area contributed by atoms with Gasteiger partial charge in [0.15, 0.2) is 5.82 Å². The molecule has 1 aliphatic heterocycles. The van der Waals surface area contributed by atoms with Crippen molar-refractivity contribution < 1.29 is 9.18 Å². The maximum atomic E-state index is 13.9. The minimum Gasteiger partial charge on any atom is -0.341 e. The van der Waals surface area contributed by atoms with Crippen LogP contribution in [0, 0.1) is 5.82 Å². The van der Waals surface area contributed by atoms with Crippen molar-refractivity contribution in [3.05, 3.63) is 57.5 Å². The zero-order valence-corrected chi connectivity index (χ0v) is 14.3. The summed E-state index contributed by atoms with van der Waals surface area (Å²) in [5.74, 6) is -0.489. The fourth-order valence-corrected chi connectivity index (χ4v) is 3.40. The number of H-pyrrole nitrogens is 2. The SMILES string of the molecule is O=C(c1ncc[nH]1)N1CCc2[nH]nc(-c3cc(F)c(Cl)cc3Cl)c2C1. The molecule has 25 heavy (non-hydrogen) atoms. The lowest BCUT2D eigenvalue weighted by Gasteiger charge is -2.26. The van der Waals surface area contributed by atoms with Gasteiger partial charge in [-0.3, -0.25) is 9.89 Å². The Hall–Kier alpha value is -2.38. The maximum absolute atomic E-state index is 13.9. The molecule has 4 rings (SSSR count). The third-order valence-electron chi connectivity index (χ3n) is 4.19. The number of imidazole rings is 1. The number of amides is 1. The van der Waals surface area contributed by atoms with Crippen LogP contribution in [0.1, 0.15) is 21.9 Å². The molecule has 0 saturated carbocycles. The van der Waals surface area contributed by atoms with E-state index < -0.39 is 5.82 Å². The van der Waals surface area contributed by atoms with E-state index in [-0.39, 0.29) is 16.8 Å². The highest BCUT2D eigenvalue weighted by Crippen LogP contribution is 2.35. The predicted molar refractivity (Wildman–Crippen MR) is 91.0 cm³/mol. The summed E-state index contributed by atoms with van der Waals surface area (Å²) in [5.41, 5.74) is 2.68. The zero-order chi connectivity index (χ0) is 17.6. The molecule has 0 spiro atoms. The Morgan fingerprint density at radius 2 is 2.12 bits per heavy atom. The largest absolute Gasteiger partial charge is 0.341 e. The minimum atomic E-state index is -0.572. The van der Waals surface area contributed by atoms with Crippen LogP contribution in [0.4, 0.5) is 4.39 Å². The van der Waals surface area contributed by atoms with Crippen LogP contribution in [0.25, 0.3) is 11.3 Å². The Kier molecular flexibility index (Phi) is 3.97. The lowest BCUT2D eigenvalue weighted by atomic mass is 10.0. The van der Waals surface area contributed by atoms with Gasteiger partial charge in [0.25, 0.3) is 5.91 Å². The van der Waals surface area contributed by atoms with Crippen molar-refractivity contribution in [3.63, 3.8) is 0 Å². The number of carbonyl (C=O) groups excluding carboxylic acids is 1.